The van der Waals surface area contributed by atoms with Gasteiger partial charge in [-0.25, -0.2) is 0 Å². The predicted octanol–water partition coefficient (Wildman–Crippen LogP) is 6.55. The number of amides is 2. The van der Waals surface area contributed by atoms with Crippen LogP contribution in [-0.2, 0) is 16.1 Å². The summed E-state index contributed by atoms with van der Waals surface area (Å²) in [5.74, 6) is -0.221. The van der Waals surface area contributed by atoms with Gasteiger partial charge in [0.1, 0.15) is 11.8 Å². The van der Waals surface area contributed by atoms with E-state index in [2.05, 4.69) is 5.32 Å². The maximum Gasteiger partial charge on any atom is 0.261 e. The fourth-order valence-corrected chi connectivity index (χ4v) is 4.58. The average Bonchev–Trinajstić information content (AvgIpc) is 2.79. The molecule has 0 aromatic heterocycles. The van der Waals surface area contributed by atoms with Gasteiger partial charge in [0.05, 0.1) is 15.1 Å². The monoisotopic (exact) mass is 530 g/mol. The molecule has 2 aromatic carbocycles. The largest absolute Gasteiger partial charge is 0.482 e. The topological polar surface area (TPSA) is 58.6 Å². The van der Waals surface area contributed by atoms with Crippen LogP contribution in [0.15, 0.2) is 36.4 Å². The molecule has 2 amide bonds. The second-order valence-corrected chi connectivity index (χ2v) is 9.81. The molecule has 0 saturated heterocycles. The molecule has 0 heterocycles. The Kier molecular flexibility index (Phi) is 9.57. The van der Waals surface area contributed by atoms with Gasteiger partial charge in [-0.3, -0.25) is 9.59 Å². The highest BCUT2D eigenvalue weighted by Gasteiger charge is 2.28. The fraction of sp³-hybridized carbons (Fsp3) is 0.417. The molecule has 9 heteroatoms. The molecule has 178 valence electrons. The molecule has 0 radical (unpaired) electrons. The van der Waals surface area contributed by atoms with E-state index in [4.69, 9.17) is 51.1 Å². The van der Waals surface area contributed by atoms with E-state index in [-0.39, 0.29) is 31.0 Å². The van der Waals surface area contributed by atoms with Crippen LogP contribution in [0.5, 0.6) is 5.75 Å². The van der Waals surface area contributed by atoms with Crippen molar-refractivity contribution in [3.05, 3.63) is 62.1 Å². The Labute approximate surface area is 214 Å². The van der Waals surface area contributed by atoms with Crippen molar-refractivity contribution in [1.29, 1.82) is 0 Å². The lowest BCUT2D eigenvalue weighted by Gasteiger charge is -2.31. The molecule has 2 aromatic rings. The Morgan fingerprint density at radius 3 is 2.39 bits per heavy atom. The molecule has 1 aliphatic carbocycles. The third-order valence-corrected chi connectivity index (χ3v) is 6.97. The van der Waals surface area contributed by atoms with Crippen LogP contribution in [0.25, 0.3) is 0 Å². The van der Waals surface area contributed by atoms with Crippen LogP contribution in [0.2, 0.25) is 20.1 Å². The minimum atomic E-state index is -0.710. The van der Waals surface area contributed by atoms with Gasteiger partial charge in [0.2, 0.25) is 5.91 Å². The predicted molar refractivity (Wildman–Crippen MR) is 133 cm³/mol. The standard InChI is InChI=1S/C24H26Cl4N2O3/c1-15(24(32)29-18-5-3-2-4-6-18)30(13-16-7-9-19(26)20(27)11-16)23(31)14-33-22-10-8-17(25)12-21(22)28/h7-12,15,18H,2-6,13-14H2,1H3,(H,29,32). The number of ether oxygens (including phenoxy) is 1. The van der Waals surface area contributed by atoms with E-state index in [1.54, 1.807) is 37.3 Å². The number of halogens is 4. The van der Waals surface area contributed by atoms with Crippen LogP contribution in [0, 0.1) is 0 Å². The fourth-order valence-electron chi connectivity index (χ4n) is 3.80. The van der Waals surface area contributed by atoms with E-state index < -0.39 is 6.04 Å². The zero-order chi connectivity index (χ0) is 24.0. The molecule has 1 saturated carbocycles. The van der Waals surface area contributed by atoms with Crippen LogP contribution >= 0.6 is 46.4 Å². The number of nitrogens with zero attached hydrogens (tertiary/aromatic N) is 1. The number of carbonyl (C=O) groups excluding carboxylic acids is 2. The number of rotatable bonds is 8. The molecule has 0 bridgehead atoms. The van der Waals surface area contributed by atoms with E-state index in [1.165, 1.54) is 17.4 Å². The first-order chi connectivity index (χ1) is 15.7. The number of hydrogen-bond acceptors (Lipinski definition) is 3. The van der Waals surface area contributed by atoms with E-state index in [0.29, 0.717) is 25.8 Å². The highest BCUT2D eigenvalue weighted by Crippen LogP contribution is 2.28. The summed E-state index contributed by atoms with van der Waals surface area (Å²) in [6.07, 6.45) is 5.30. The highest BCUT2D eigenvalue weighted by molar-refractivity contribution is 6.42. The molecule has 0 spiro atoms. The van der Waals surface area contributed by atoms with Gasteiger partial charge in [-0.2, -0.15) is 0 Å². The normalized spacial score (nSPS) is 15.1. The third-order valence-electron chi connectivity index (χ3n) is 5.70. The van der Waals surface area contributed by atoms with Crippen molar-refractivity contribution in [2.45, 2.75) is 57.7 Å². The van der Waals surface area contributed by atoms with E-state index in [9.17, 15) is 9.59 Å². The first-order valence-electron chi connectivity index (χ1n) is 10.9. The summed E-state index contributed by atoms with van der Waals surface area (Å²) in [7, 11) is 0. The molecule has 1 fully saturated rings. The molecule has 1 unspecified atom stereocenters. The second-order valence-electron chi connectivity index (χ2n) is 8.15. The molecule has 3 rings (SSSR count). The van der Waals surface area contributed by atoms with Crippen LogP contribution in [0.3, 0.4) is 0 Å². The van der Waals surface area contributed by atoms with Crippen molar-refractivity contribution in [2.75, 3.05) is 6.61 Å². The Morgan fingerprint density at radius 2 is 1.73 bits per heavy atom. The van der Waals surface area contributed by atoms with Crippen LogP contribution < -0.4 is 10.1 Å². The van der Waals surface area contributed by atoms with Gasteiger partial charge in [0, 0.05) is 17.6 Å². The minimum Gasteiger partial charge on any atom is -0.482 e. The maximum absolute atomic E-state index is 13.2. The van der Waals surface area contributed by atoms with Gasteiger partial charge in [-0.05, 0) is 55.7 Å². The number of nitrogens with one attached hydrogen (secondary N) is 1. The average molecular weight is 532 g/mol. The summed E-state index contributed by atoms with van der Waals surface area (Å²) in [6, 6.07) is 9.32. The van der Waals surface area contributed by atoms with Crippen LogP contribution in [0.4, 0.5) is 0 Å². The first-order valence-corrected chi connectivity index (χ1v) is 12.4. The molecule has 1 aliphatic rings. The Balaban J connectivity index is 1.74. The van der Waals surface area contributed by atoms with Gasteiger partial charge in [-0.15, -0.1) is 0 Å². The maximum atomic E-state index is 13.2. The number of carbonyl (C=O) groups is 2. The molecule has 33 heavy (non-hydrogen) atoms. The van der Waals surface area contributed by atoms with E-state index in [1.807, 2.05) is 0 Å². The van der Waals surface area contributed by atoms with Crippen molar-refractivity contribution < 1.29 is 14.3 Å². The van der Waals surface area contributed by atoms with Gasteiger partial charge in [-0.1, -0.05) is 71.7 Å². The zero-order valence-corrected chi connectivity index (χ0v) is 21.3. The van der Waals surface area contributed by atoms with Crippen molar-refractivity contribution >= 4 is 58.2 Å². The van der Waals surface area contributed by atoms with Crippen molar-refractivity contribution in [3.63, 3.8) is 0 Å². The van der Waals surface area contributed by atoms with Gasteiger partial charge in [0.25, 0.3) is 5.91 Å². The number of benzene rings is 2. The molecule has 5 nitrogen and oxygen atoms in total. The summed E-state index contributed by atoms with van der Waals surface area (Å²) in [6.45, 7) is 1.60. The van der Waals surface area contributed by atoms with Gasteiger partial charge >= 0.3 is 0 Å². The van der Waals surface area contributed by atoms with E-state index in [0.717, 1.165) is 31.2 Å². The number of hydrogen-bond donors (Lipinski definition) is 1. The Bertz CT molecular complexity index is 996. The summed E-state index contributed by atoms with van der Waals surface area (Å²) < 4.78 is 5.63. The SMILES string of the molecule is CC(C(=O)NC1CCCCC1)N(Cc1ccc(Cl)c(Cl)c1)C(=O)COc1ccc(Cl)cc1Cl. The smallest absolute Gasteiger partial charge is 0.261 e. The first kappa shape index (κ1) is 26.0. The quantitative estimate of drug-likeness (QED) is 0.420. The molecule has 0 aliphatic heterocycles. The third kappa shape index (κ3) is 7.41. The van der Waals surface area contributed by atoms with Crippen LogP contribution in [-0.4, -0.2) is 35.4 Å². The van der Waals surface area contributed by atoms with E-state index >= 15 is 0 Å². The summed E-state index contributed by atoms with van der Waals surface area (Å²) in [5.41, 5.74) is 0.750. The summed E-state index contributed by atoms with van der Waals surface area (Å²) >= 11 is 24.3. The molecule has 1 N–H and O–H groups in total. The van der Waals surface area contributed by atoms with Gasteiger partial charge in [0.15, 0.2) is 6.61 Å². The molecular weight excluding hydrogens is 506 g/mol. The minimum absolute atomic E-state index is 0.139. The van der Waals surface area contributed by atoms with Crippen molar-refractivity contribution in [3.8, 4) is 5.75 Å². The zero-order valence-electron chi connectivity index (χ0n) is 18.3. The highest BCUT2D eigenvalue weighted by atomic mass is 35.5. The Morgan fingerprint density at radius 1 is 1.00 bits per heavy atom. The molecular formula is C24H26Cl4N2O3. The lowest BCUT2D eigenvalue weighted by Crippen LogP contribution is -2.51. The van der Waals surface area contributed by atoms with Gasteiger partial charge < -0.3 is 15.0 Å². The van der Waals surface area contributed by atoms with Crippen molar-refractivity contribution in [2.24, 2.45) is 0 Å². The lowest BCUT2D eigenvalue weighted by molar-refractivity contribution is -0.142. The summed E-state index contributed by atoms with van der Waals surface area (Å²) in [5, 5.41) is 4.66. The van der Waals surface area contributed by atoms with Crippen LogP contribution in [0.1, 0.15) is 44.6 Å². The lowest BCUT2D eigenvalue weighted by atomic mass is 9.95. The Hall–Kier alpha value is -1.66. The summed E-state index contributed by atoms with van der Waals surface area (Å²) in [4.78, 5) is 27.7. The van der Waals surface area contributed by atoms with Crippen molar-refractivity contribution in [1.82, 2.24) is 10.2 Å². The molecule has 1 atom stereocenters. The second kappa shape index (κ2) is 12.2.